The zero-order valence-corrected chi connectivity index (χ0v) is 16.4. The molecular formula is C20H23NO3S2. The number of rotatable bonds is 4. The zero-order chi connectivity index (χ0) is 18.1. The first-order chi connectivity index (χ1) is 12.6. The highest BCUT2D eigenvalue weighted by Gasteiger charge is 2.41. The lowest BCUT2D eigenvalue weighted by Gasteiger charge is -2.39. The molecule has 2 aliphatic heterocycles. The minimum absolute atomic E-state index is 0.0675. The number of thioether (sulfide) groups is 1. The highest BCUT2D eigenvalue weighted by molar-refractivity contribution is 7.99. The molecule has 2 aliphatic rings. The summed E-state index contributed by atoms with van der Waals surface area (Å²) in [5, 5.41) is 0. The van der Waals surface area contributed by atoms with Crippen LogP contribution in [-0.2, 0) is 16.4 Å². The standard InChI is InChI=1S/C20H23NO3S2/c1-24-17-6-8-18(9-7-17)26(22,23)21-12-10-15-4-2-3-5-19(15)20(21)16-11-13-25-14-16/h2-9,16,20H,10-14H2,1H3. The van der Waals surface area contributed by atoms with Crippen LogP contribution in [0.25, 0.3) is 0 Å². The van der Waals surface area contributed by atoms with E-state index in [9.17, 15) is 8.42 Å². The number of nitrogens with zero attached hydrogens (tertiary/aromatic N) is 1. The van der Waals surface area contributed by atoms with Gasteiger partial charge in [0.1, 0.15) is 5.75 Å². The van der Waals surface area contributed by atoms with Gasteiger partial charge in [0, 0.05) is 6.54 Å². The van der Waals surface area contributed by atoms with Crippen LogP contribution in [0.4, 0.5) is 0 Å². The maximum atomic E-state index is 13.4. The predicted octanol–water partition coefficient (Wildman–Crippen LogP) is 3.74. The SMILES string of the molecule is COc1ccc(S(=O)(=O)N2CCc3ccccc3C2C2CCSC2)cc1. The van der Waals surface area contributed by atoms with Crippen molar-refractivity contribution in [1.29, 1.82) is 0 Å². The molecule has 0 spiro atoms. The molecule has 138 valence electrons. The maximum Gasteiger partial charge on any atom is 0.243 e. The molecule has 2 heterocycles. The molecule has 0 aliphatic carbocycles. The summed E-state index contributed by atoms with van der Waals surface area (Å²) < 4.78 is 33.8. The topological polar surface area (TPSA) is 46.6 Å². The van der Waals surface area contributed by atoms with Crippen molar-refractivity contribution in [2.45, 2.75) is 23.8 Å². The smallest absolute Gasteiger partial charge is 0.243 e. The Kier molecular flexibility index (Phi) is 4.99. The molecule has 2 aromatic carbocycles. The second-order valence-corrected chi connectivity index (χ2v) is 9.85. The van der Waals surface area contributed by atoms with E-state index in [0.29, 0.717) is 23.1 Å². The van der Waals surface area contributed by atoms with E-state index >= 15 is 0 Å². The van der Waals surface area contributed by atoms with Crippen LogP contribution >= 0.6 is 11.8 Å². The third-order valence-electron chi connectivity index (χ3n) is 5.36. The van der Waals surface area contributed by atoms with Gasteiger partial charge in [0.05, 0.1) is 18.0 Å². The summed E-state index contributed by atoms with van der Waals surface area (Å²) in [6.07, 6.45) is 1.83. The average molecular weight is 390 g/mol. The molecule has 26 heavy (non-hydrogen) atoms. The summed E-state index contributed by atoms with van der Waals surface area (Å²) in [6, 6.07) is 15.0. The van der Waals surface area contributed by atoms with Crippen molar-refractivity contribution in [3.63, 3.8) is 0 Å². The molecule has 0 radical (unpaired) electrons. The molecule has 0 bridgehead atoms. The van der Waals surface area contributed by atoms with Crippen LogP contribution < -0.4 is 4.74 Å². The number of ether oxygens (including phenoxy) is 1. The van der Waals surface area contributed by atoms with Crippen LogP contribution in [0.15, 0.2) is 53.4 Å². The van der Waals surface area contributed by atoms with E-state index in [-0.39, 0.29) is 6.04 Å². The Hall–Kier alpha value is -1.50. The lowest BCUT2D eigenvalue weighted by atomic mass is 9.86. The third-order valence-corrected chi connectivity index (χ3v) is 8.45. The van der Waals surface area contributed by atoms with Crippen LogP contribution in [0.1, 0.15) is 23.6 Å². The number of hydrogen-bond acceptors (Lipinski definition) is 4. The normalized spacial score (nSPS) is 23.6. The molecule has 1 saturated heterocycles. The molecule has 0 aromatic heterocycles. The van der Waals surface area contributed by atoms with Gasteiger partial charge in [-0.15, -0.1) is 0 Å². The zero-order valence-electron chi connectivity index (χ0n) is 14.8. The van der Waals surface area contributed by atoms with Gasteiger partial charge in [0.2, 0.25) is 10.0 Å². The molecule has 4 rings (SSSR count). The molecular weight excluding hydrogens is 366 g/mol. The monoisotopic (exact) mass is 389 g/mol. The Bertz CT molecular complexity index is 874. The molecule has 1 fully saturated rings. The summed E-state index contributed by atoms with van der Waals surface area (Å²) >= 11 is 1.93. The van der Waals surface area contributed by atoms with E-state index in [2.05, 4.69) is 12.1 Å². The number of methoxy groups -OCH3 is 1. The Morgan fingerprint density at radius 3 is 2.58 bits per heavy atom. The lowest BCUT2D eigenvalue weighted by molar-refractivity contribution is 0.240. The first-order valence-electron chi connectivity index (χ1n) is 8.92. The number of benzene rings is 2. The van der Waals surface area contributed by atoms with Gasteiger partial charge in [0.25, 0.3) is 0 Å². The minimum Gasteiger partial charge on any atom is -0.497 e. The molecule has 0 N–H and O–H groups in total. The van der Waals surface area contributed by atoms with Crippen LogP contribution in [0.3, 0.4) is 0 Å². The second kappa shape index (κ2) is 7.25. The molecule has 2 atom stereocenters. The first kappa shape index (κ1) is 17.9. The maximum absolute atomic E-state index is 13.4. The van der Waals surface area contributed by atoms with Gasteiger partial charge in [-0.3, -0.25) is 0 Å². The van der Waals surface area contributed by atoms with Crippen molar-refractivity contribution in [3.8, 4) is 5.75 Å². The van der Waals surface area contributed by atoms with E-state index in [1.165, 1.54) is 11.1 Å². The van der Waals surface area contributed by atoms with Gasteiger partial charge in [0.15, 0.2) is 0 Å². The van der Waals surface area contributed by atoms with Crippen LogP contribution in [-0.4, -0.2) is 37.9 Å². The van der Waals surface area contributed by atoms with Crippen LogP contribution in [0.2, 0.25) is 0 Å². The Morgan fingerprint density at radius 2 is 1.88 bits per heavy atom. The number of sulfonamides is 1. The summed E-state index contributed by atoms with van der Waals surface area (Å²) in [5.41, 5.74) is 2.47. The lowest BCUT2D eigenvalue weighted by Crippen LogP contribution is -2.43. The predicted molar refractivity (Wildman–Crippen MR) is 105 cm³/mol. The number of hydrogen-bond donors (Lipinski definition) is 0. The van der Waals surface area contributed by atoms with Gasteiger partial charge < -0.3 is 4.74 Å². The Balaban J connectivity index is 1.75. The van der Waals surface area contributed by atoms with Crippen molar-refractivity contribution in [1.82, 2.24) is 4.31 Å². The fraction of sp³-hybridized carbons (Fsp3) is 0.400. The van der Waals surface area contributed by atoms with Crippen molar-refractivity contribution >= 4 is 21.8 Å². The highest BCUT2D eigenvalue weighted by atomic mass is 32.2. The van der Waals surface area contributed by atoms with E-state index in [1.54, 1.807) is 35.7 Å². The third kappa shape index (κ3) is 3.15. The largest absolute Gasteiger partial charge is 0.497 e. The number of fused-ring (bicyclic) bond motifs is 1. The van der Waals surface area contributed by atoms with Gasteiger partial charge in [-0.25, -0.2) is 8.42 Å². The van der Waals surface area contributed by atoms with Crippen molar-refractivity contribution in [2.24, 2.45) is 5.92 Å². The van der Waals surface area contributed by atoms with Crippen LogP contribution in [0.5, 0.6) is 5.75 Å². The fourth-order valence-electron chi connectivity index (χ4n) is 4.02. The van der Waals surface area contributed by atoms with E-state index in [1.807, 2.05) is 23.9 Å². The van der Waals surface area contributed by atoms with Crippen molar-refractivity contribution < 1.29 is 13.2 Å². The molecule has 0 saturated carbocycles. The summed E-state index contributed by atoms with van der Waals surface area (Å²) in [5.74, 6) is 3.17. The van der Waals surface area contributed by atoms with E-state index in [0.717, 1.165) is 24.3 Å². The quantitative estimate of drug-likeness (QED) is 0.799. The molecule has 2 unspecified atom stereocenters. The summed E-state index contributed by atoms with van der Waals surface area (Å²) in [7, 11) is -1.97. The van der Waals surface area contributed by atoms with E-state index < -0.39 is 10.0 Å². The van der Waals surface area contributed by atoms with E-state index in [4.69, 9.17) is 4.74 Å². The molecule has 2 aromatic rings. The average Bonchev–Trinajstić information content (AvgIpc) is 3.21. The van der Waals surface area contributed by atoms with Crippen molar-refractivity contribution in [2.75, 3.05) is 25.2 Å². The molecule has 4 nitrogen and oxygen atoms in total. The summed E-state index contributed by atoms with van der Waals surface area (Å²) in [4.78, 5) is 0.341. The Labute approximate surface area is 159 Å². The molecule has 0 amide bonds. The van der Waals surface area contributed by atoms with Gasteiger partial charge >= 0.3 is 0 Å². The van der Waals surface area contributed by atoms with Gasteiger partial charge in [-0.2, -0.15) is 16.1 Å². The molecule has 6 heteroatoms. The highest BCUT2D eigenvalue weighted by Crippen LogP contribution is 2.44. The summed E-state index contributed by atoms with van der Waals surface area (Å²) in [6.45, 7) is 0.539. The van der Waals surface area contributed by atoms with Gasteiger partial charge in [-0.1, -0.05) is 24.3 Å². The minimum atomic E-state index is -3.55. The fourth-order valence-corrected chi connectivity index (χ4v) is 6.97. The Morgan fingerprint density at radius 1 is 1.12 bits per heavy atom. The van der Waals surface area contributed by atoms with Gasteiger partial charge in [-0.05, 0) is 65.7 Å². The van der Waals surface area contributed by atoms with Crippen molar-refractivity contribution in [3.05, 3.63) is 59.7 Å². The van der Waals surface area contributed by atoms with Crippen LogP contribution in [0, 0.1) is 5.92 Å². The second-order valence-electron chi connectivity index (χ2n) is 6.81. The first-order valence-corrected chi connectivity index (χ1v) is 11.5.